The number of benzene rings is 1. The van der Waals surface area contributed by atoms with Gasteiger partial charge in [-0.05, 0) is 31.2 Å². The van der Waals surface area contributed by atoms with Crippen LogP contribution in [0.5, 0.6) is 0 Å². The first-order valence-electron chi connectivity index (χ1n) is 8.88. The number of pyridine rings is 1. The Balaban J connectivity index is 1.50. The van der Waals surface area contributed by atoms with E-state index in [2.05, 4.69) is 25.6 Å². The molecule has 1 amide bonds. The summed E-state index contributed by atoms with van der Waals surface area (Å²) in [5, 5.41) is 26.4. The van der Waals surface area contributed by atoms with Gasteiger partial charge in [0.2, 0.25) is 0 Å². The zero-order chi connectivity index (χ0) is 20.4. The summed E-state index contributed by atoms with van der Waals surface area (Å²) < 4.78 is 1.71. The summed E-state index contributed by atoms with van der Waals surface area (Å²) in [5.41, 5.74) is 2.63. The smallest absolute Gasteiger partial charge is 0.278 e. The van der Waals surface area contributed by atoms with Gasteiger partial charge in [0.05, 0.1) is 22.5 Å². The first-order valence-corrected chi connectivity index (χ1v) is 8.88. The molecule has 10 heteroatoms. The minimum absolute atomic E-state index is 0.00704. The molecule has 0 spiro atoms. The molecule has 29 heavy (non-hydrogen) atoms. The van der Waals surface area contributed by atoms with Gasteiger partial charge in [0.15, 0.2) is 0 Å². The number of nitrogens with one attached hydrogen (secondary N) is 2. The van der Waals surface area contributed by atoms with Gasteiger partial charge in [-0.15, -0.1) is 0 Å². The summed E-state index contributed by atoms with van der Waals surface area (Å²) in [5.74, 6) is -0.254. The van der Waals surface area contributed by atoms with Gasteiger partial charge in [-0.1, -0.05) is 0 Å². The van der Waals surface area contributed by atoms with Gasteiger partial charge in [-0.25, -0.2) is 0 Å². The summed E-state index contributed by atoms with van der Waals surface area (Å²) in [6.07, 6.45) is 4.88. The average molecular weight is 391 g/mol. The molecule has 3 heterocycles. The van der Waals surface area contributed by atoms with Gasteiger partial charge in [0.25, 0.3) is 11.6 Å². The van der Waals surface area contributed by atoms with Crippen LogP contribution in [0.25, 0.3) is 22.0 Å². The van der Waals surface area contributed by atoms with E-state index in [0.29, 0.717) is 35.2 Å². The highest BCUT2D eigenvalue weighted by molar-refractivity contribution is 6.00. The number of carbonyl (C=O) groups excluding carboxylic acids is 1. The Morgan fingerprint density at radius 2 is 2.14 bits per heavy atom. The predicted molar refractivity (Wildman–Crippen MR) is 105 cm³/mol. The Kier molecular flexibility index (Phi) is 4.73. The average Bonchev–Trinajstić information content (AvgIpc) is 3.36. The fourth-order valence-corrected chi connectivity index (χ4v) is 3.10. The lowest BCUT2D eigenvalue weighted by atomic mass is 10.0. The van der Waals surface area contributed by atoms with Crippen LogP contribution in [0.1, 0.15) is 16.2 Å². The second kappa shape index (κ2) is 7.50. The Morgan fingerprint density at radius 1 is 1.28 bits per heavy atom. The van der Waals surface area contributed by atoms with E-state index in [-0.39, 0.29) is 11.6 Å². The molecule has 10 nitrogen and oxygen atoms in total. The molecule has 0 bridgehead atoms. The number of aromatic nitrogens is 5. The fourth-order valence-electron chi connectivity index (χ4n) is 3.10. The molecule has 4 aromatic rings. The van der Waals surface area contributed by atoms with Crippen molar-refractivity contribution in [2.45, 2.75) is 13.5 Å². The molecule has 0 saturated heterocycles. The van der Waals surface area contributed by atoms with Crippen LogP contribution >= 0.6 is 0 Å². The monoisotopic (exact) mass is 391 g/mol. The third-order valence-electron chi connectivity index (χ3n) is 4.47. The van der Waals surface area contributed by atoms with E-state index in [1.165, 1.54) is 12.3 Å². The van der Waals surface area contributed by atoms with E-state index in [4.69, 9.17) is 0 Å². The second-order valence-electron chi connectivity index (χ2n) is 6.47. The van der Waals surface area contributed by atoms with Crippen LogP contribution in [0.3, 0.4) is 0 Å². The third-order valence-corrected chi connectivity index (χ3v) is 4.47. The van der Waals surface area contributed by atoms with E-state index < -0.39 is 4.92 Å². The number of fused-ring (bicyclic) bond motifs is 1. The van der Waals surface area contributed by atoms with Crippen molar-refractivity contribution in [3.05, 3.63) is 70.4 Å². The summed E-state index contributed by atoms with van der Waals surface area (Å²) >= 11 is 0. The topological polar surface area (TPSA) is 132 Å². The summed E-state index contributed by atoms with van der Waals surface area (Å²) in [7, 11) is 0. The molecule has 1 aromatic carbocycles. The molecule has 2 N–H and O–H groups in total. The largest absolute Gasteiger partial charge is 0.349 e. The van der Waals surface area contributed by atoms with Crippen molar-refractivity contribution in [1.82, 2.24) is 30.3 Å². The maximum Gasteiger partial charge on any atom is 0.278 e. The first-order chi connectivity index (χ1) is 14.0. The van der Waals surface area contributed by atoms with Crippen molar-refractivity contribution in [3.63, 3.8) is 0 Å². The minimum Gasteiger partial charge on any atom is -0.349 e. The Hall–Kier alpha value is -4.08. The van der Waals surface area contributed by atoms with Gasteiger partial charge >= 0.3 is 0 Å². The molecular formula is C19H17N7O3. The third kappa shape index (κ3) is 3.68. The molecule has 3 aromatic heterocycles. The first kappa shape index (κ1) is 18.3. The molecule has 0 aliphatic heterocycles. The van der Waals surface area contributed by atoms with Crippen LogP contribution in [-0.2, 0) is 6.54 Å². The zero-order valence-corrected chi connectivity index (χ0v) is 15.5. The molecular weight excluding hydrogens is 374 g/mol. The molecule has 0 aliphatic carbocycles. The number of aromatic amines is 1. The van der Waals surface area contributed by atoms with Gasteiger partial charge in [-0.2, -0.15) is 10.2 Å². The van der Waals surface area contributed by atoms with Gasteiger partial charge in [0, 0.05) is 47.8 Å². The number of nitrogens with zero attached hydrogens (tertiary/aromatic N) is 5. The number of nitro groups is 1. The van der Waals surface area contributed by atoms with E-state index in [0.717, 1.165) is 11.3 Å². The molecule has 0 fully saturated rings. The van der Waals surface area contributed by atoms with Gasteiger partial charge in [0.1, 0.15) is 5.69 Å². The van der Waals surface area contributed by atoms with E-state index in [1.54, 1.807) is 35.3 Å². The van der Waals surface area contributed by atoms with E-state index in [9.17, 15) is 14.9 Å². The zero-order valence-electron chi connectivity index (χ0n) is 15.5. The molecule has 0 atom stereocenters. The normalized spacial score (nSPS) is 10.9. The van der Waals surface area contributed by atoms with Crippen molar-refractivity contribution in [2.75, 3.05) is 6.54 Å². The van der Waals surface area contributed by atoms with Crippen LogP contribution in [0.4, 0.5) is 5.69 Å². The molecule has 0 saturated carbocycles. The fraction of sp³-hybridized carbons (Fsp3) is 0.158. The number of hydrogen-bond acceptors (Lipinski definition) is 6. The number of aryl methyl sites for hydroxylation is 1. The number of non-ortho nitro benzene ring substituents is 1. The van der Waals surface area contributed by atoms with Crippen LogP contribution in [-0.4, -0.2) is 42.3 Å². The maximum absolute atomic E-state index is 12.0. The van der Waals surface area contributed by atoms with Crippen molar-refractivity contribution in [2.24, 2.45) is 0 Å². The van der Waals surface area contributed by atoms with Gasteiger partial charge < -0.3 is 5.32 Å². The number of H-pyrrole nitrogens is 1. The summed E-state index contributed by atoms with van der Waals surface area (Å²) in [4.78, 5) is 26.9. The second-order valence-corrected chi connectivity index (χ2v) is 6.47. The molecule has 0 aliphatic rings. The number of hydrogen-bond donors (Lipinski definition) is 2. The molecule has 0 unspecified atom stereocenters. The van der Waals surface area contributed by atoms with Crippen LogP contribution in [0, 0.1) is 17.0 Å². The minimum atomic E-state index is -0.421. The van der Waals surface area contributed by atoms with Crippen molar-refractivity contribution < 1.29 is 9.72 Å². The molecule has 146 valence electrons. The highest BCUT2D eigenvalue weighted by Gasteiger charge is 2.16. The number of nitro benzene ring substituents is 1. The van der Waals surface area contributed by atoms with Crippen molar-refractivity contribution >= 4 is 22.4 Å². The predicted octanol–water partition coefficient (Wildman–Crippen LogP) is 2.47. The lowest BCUT2D eigenvalue weighted by Crippen LogP contribution is -2.27. The SMILES string of the molecule is Cc1cc(C(=O)NCCn2ccc(-c3ccc([N+](=O)[O-])c4cnccc34)n2)n[nH]1. The molecule has 4 rings (SSSR count). The van der Waals surface area contributed by atoms with Crippen molar-refractivity contribution in [1.29, 1.82) is 0 Å². The molecule has 0 radical (unpaired) electrons. The lowest BCUT2D eigenvalue weighted by molar-refractivity contribution is -0.383. The van der Waals surface area contributed by atoms with E-state index >= 15 is 0 Å². The Labute approximate surface area is 164 Å². The standard InChI is InChI=1S/C19H17N7O3/c1-12-10-17(23-22-12)19(27)21-7-9-25-8-5-16(24-25)14-2-3-18(26(28)29)15-11-20-6-4-13(14)15/h2-6,8,10-11H,7,9H2,1H3,(H,21,27)(H,22,23). The highest BCUT2D eigenvalue weighted by Crippen LogP contribution is 2.32. The highest BCUT2D eigenvalue weighted by atomic mass is 16.6. The van der Waals surface area contributed by atoms with Gasteiger partial charge in [-0.3, -0.25) is 29.7 Å². The van der Waals surface area contributed by atoms with Crippen LogP contribution < -0.4 is 5.32 Å². The number of rotatable bonds is 6. The maximum atomic E-state index is 12.0. The summed E-state index contributed by atoms with van der Waals surface area (Å²) in [6.45, 7) is 2.69. The van der Waals surface area contributed by atoms with Crippen LogP contribution in [0.2, 0.25) is 0 Å². The van der Waals surface area contributed by atoms with Crippen molar-refractivity contribution in [3.8, 4) is 11.3 Å². The van der Waals surface area contributed by atoms with Crippen LogP contribution in [0.15, 0.2) is 48.9 Å². The van der Waals surface area contributed by atoms with E-state index in [1.807, 2.05) is 13.0 Å². The quantitative estimate of drug-likeness (QED) is 0.383. The number of amides is 1. The number of carbonyl (C=O) groups is 1. The Bertz CT molecular complexity index is 1210. The Morgan fingerprint density at radius 3 is 2.90 bits per heavy atom. The summed E-state index contributed by atoms with van der Waals surface area (Å²) in [6, 6.07) is 8.40. The lowest BCUT2D eigenvalue weighted by Gasteiger charge is -2.05.